The number of nitrogens with one attached hydrogen (secondary N) is 1. The molecule has 1 N–H and O–H groups in total. The lowest BCUT2D eigenvalue weighted by atomic mass is 10.2. The summed E-state index contributed by atoms with van der Waals surface area (Å²) in [7, 11) is 5.17. The van der Waals surface area contributed by atoms with Gasteiger partial charge in [-0.25, -0.2) is 4.79 Å². The molecule has 2 aromatic rings. The minimum atomic E-state index is -4.54. The third kappa shape index (κ3) is 5.63. The number of halogens is 3. The van der Waals surface area contributed by atoms with Crippen LogP contribution in [0.5, 0.6) is 5.75 Å². The molecule has 0 aliphatic heterocycles. The second-order valence-corrected chi connectivity index (χ2v) is 8.65. The van der Waals surface area contributed by atoms with Crippen molar-refractivity contribution < 1.29 is 22.7 Å². The number of aromatic nitrogens is 2. The molecule has 7 nitrogen and oxygen atoms in total. The van der Waals surface area contributed by atoms with Crippen molar-refractivity contribution in [3.05, 3.63) is 45.5 Å². The molecule has 1 aromatic carbocycles. The van der Waals surface area contributed by atoms with Gasteiger partial charge in [-0.1, -0.05) is 11.8 Å². The molecule has 32 heavy (non-hydrogen) atoms. The van der Waals surface area contributed by atoms with Crippen molar-refractivity contribution in [2.45, 2.75) is 37.0 Å². The third-order valence-electron chi connectivity index (χ3n) is 5.11. The molecule has 0 unspecified atom stereocenters. The average molecular weight is 471 g/mol. The third-order valence-corrected chi connectivity index (χ3v) is 6.13. The van der Waals surface area contributed by atoms with E-state index in [0.717, 1.165) is 60.5 Å². The lowest BCUT2D eigenvalue weighted by Gasteiger charge is -2.16. The van der Waals surface area contributed by atoms with E-state index in [1.807, 2.05) is 19.0 Å². The standard InChI is InChI=1S/C21H25F3N4O3S/c1-27(2)9-10-28-16-6-4-5-14(16)19(26-20(28)30)32-12-18(29)25-15-11-13(21(22,23)24)7-8-17(15)31-3/h7-8,11H,4-6,9-10,12H2,1-3H3,(H,25,29). The number of methoxy groups -OCH3 is 1. The summed E-state index contributed by atoms with van der Waals surface area (Å²) in [6, 6.07) is 2.89. The molecule has 1 aliphatic rings. The molecule has 0 bridgehead atoms. The Morgan fingerprint density at radius 1 is 1.31 bits per heavy atom. The average Bonchev–Trinajstić information content (AvgIpc) is 3.20. The molecule has 0 fully saturated rings. The van der Waals surface area contributed by atoms with Crippen molar-refractivity contribution >= 4 is 23.4 Å². The number of ether oxygens (including phenoxy) is 1. The number of likely N-dealkylation sites (N-methyl/N-ethyl adjacent to an activating group) is 1. The predicted octanol–water partition coefficient (Wildman–Crippen LogP) is 3.05. The van der Waals surface area contributed by atoms with Crippen LogP contribution in [-0.2, 0) is 30.4 Å². The van der Waals surface area contributed by atoms with Gasteiger partial charge < -0.3 is 15.0 Å². The zero-order valence-electron chi connectivity index (χ0n) is 18.1. The van der Waals surface area contributed by atoms with Crippen LogP contribution < -0.4 is 15.7 Å². The lowest BCUT2D eigenvalue weighted by Crippen LogP contribution is -2.31. The zero-order chi connectivity index (χ0) is 23.5. The summed E-state index contributed by atoms with van der Waals surface area (Å²) < 4.78 is 45.8. The summed E-state index contributed by atoms with van der Waals surface area (Å²) in [5.41, 5.74) is 0.620. The van der Waals surface area contributed by atoms with Crippen LogP contribution in [0.3, 0.4) is 0 Å². The van der Waals surface area contributed by atoms with Crippen LogP contribution in [0, 0.1) is 0 Å². The molecule has 1 heterocycles. The maximum Gasteiger partial charge on any atom is 0.416 e. The second-order valence-electron chi connectivity index (χ2n) is 7.68. The summed E-state index contributed by atoms with van der Waals surface area (Å²) in [4.78, 5) is 31.2. The van der Waals surface area contributed by atoms with E-state index in [4.69, 9.17) is 4.74 Å². The van der Waals surface area contributed by atoms with E-state index < -0.39 is 17.6 Å². The van der Waals surface area contributed by atoms with Crippen LogP contribution in [0.25, 0.3) is 0 Å². The molecule has 3 rings (SSSR count). The van der Waals surface area contributed by atoms with Gasteiger partial charge in [-0.2, -0.15) is 18.2 Å². The molecule has 0 radical (unpaired) electrons. The SMILES string of the molecule is COc1ccc(C(F)(F)F)cc1NC(=O)CSc1nc(=O)n(CCN(C)C)c2c1CCC2. The highest BCUT2D eigenvalue weighted by Gasteiger charge is 2.31. The van der Waals surface area contributed by atoms with E-state index >= 15 is 0 Å². The first-order valence-electron chi connectivity index (χ1n) is 10.1. The van der Waals surface area contributed by atoms with E-state index in [-0.39, 0.29) is 22.9 Å². The first kappa shape index (κ1) is 24.1. The van der Waals surface area contributed by atoms with Crippen LogP contribution in [0.1, 0.15) is 23.2 Å². The Balaban J connectivity index is 1.74. The first-order chi connectivity index (χ1) is 15.1. The Bertz CT molecular complexity index is 1050. The number of amides is 1. The van der Waals surface area contributed by atoms with Crippen LogP contribution in [0.15, 0.2) is 28.0 Å². The number of hydrogen-bond donors (Lipinski definition) is 1. The van der Waals surface area contributed by atoms with Gasteiger partial charge in [-0.05, 0) is 51.6 Å². The summed E-state index contributed by atoms with van der Waals surface area (Å²) in [6.07, 6.45) is -2.08. The fourth-order valence-corrected chi connectivity index (χ4v) is 4.42. The number of alkyl halides is 3. The van der Waals surface area contributed by atoms with Gasteiger partial charge in [-0.15, -0.1) is 0 Å². The number of anilines is 1. The van der Waals surface area contributed by atoms with Crippen molar-refractivity contribution in [1.29, 1.82) is 0 Å². The van der Waals surface area contributed by atoms with Gasteiger partial charge in [0.1, 0.15) is 10.8 Å². The molecule has 1 aromatic heterocycles. The molecule has 0 spiro atoms. The number of carbonyl (C=O) groups excluding carboxylic acids is 1. The Morgan fingerprint density at radius 2 is 2.06 bits per heavy atom. The number of nitrogens with zero attached hydrogens (tertiary/aromatic N) is 3. The van der Waals surface area contributed by atoms with E-state index in [9.17, 15) is 22.8 Å². The highest BCUT2D eigenvalue weighted by molar-refractivity contribution is 8.00. The van der Waals surface area contributed by atoms with Crippen LogP contribution in [-0.4, -0.2) is 53.9 Å². The van der Waals surface area contributed by atoms with Crippen molar-refractivity contribution in [2.75, 3.05) is 38.8 Å². The van der Waals surface area contributed by atoms with Crippen molar-refractivity contribution in [1.82, 2.24) is 14.5 Å². The second kappa shape index (κ2) is 9.95. The minimum Gasteiger partial charge on any atom is -0.495 e. The van der Waals surface area contributed by atoms with Crippen LogP contribution in [0.4, 0.5) is 18.9 Å². The van der Waals surface area contributed by atoms with Gasteiger partial charge in [0.15, 0.2) is 0 Å². The minimum absolute atomic E-state index is 0.0646. The van der Waals surface area contributed by atoms with E-state index in [0.29, 0.717) is 18.1 Å². The maximum atomic E-state index is 13.0. The number of fused-ring (bicyclic) bond motifs is 1. The van der Waals surface area contributed by atoms with Gasteiger partial charge in [0.25, 0.3) is 0 Å². The molecule has 0 atom stereocenters. The molecule has 0 saturated heterocycles. The number of carbonyl (C=O) groups is 1. The van der Waals surface area contributed by atoms with Gasteiger partial charge in [0.2, 0.25) is 5.91 Å². The largest absolute Gasteiger partial charge is 0.495 e. The van der Waals surface area contributed by atoms with Gasteiger partial charge in [0, 0.05) is 24.3 Å². The maximum absolute atomic E-state index is 13.0. The fraction of sp³-hybridized carbons (Fsp3) is 0.476. The molecule has 1 amide bonds. The molecule has 174 valence electrons. The first-order valence-corrected chi connectivity index (χ1v) is 11.0. The summed E-state index contributed by atoms with van der Waals surface area (Å²) in [5, 5.41) is 2.98. The summed E-state index contributed by atoms with van der Waals surface area (Å²) in [5.74, 6) is -0.489. The van der Waals surface area contributed by atoms with Gasteiger partial charge in [-0.3, -0.25) is 9.36 Å². The zero-order valence-corrected chi connectivity index (χ0v) is 18.9. The normalized spacial score (nSPS) is 13.3. The van der Waals surface area contributed by atoms with Crippen LogP contribution >= 0.6 is 11.8 Å². The van der Waals surface area contributed by atoms with Crippen molar-refractivity contribution in [3.8, 4) is 5.75 Å². The summed E-state index contributed by atoms with van der Waals surface area (Å²) >= 11 is 1.11. The lowest BCUT2D eigenvalue weighted by molar-refractivity contribution is -0.137. The predicted molar refractivity (Wildman–Crippen MR) is 116 cm³/mol. The Morgan fingerprint density at radius 3 is 2.72 bits per heavy atom. The molecule has 1 aliphatic carbocycles. The van der Waals surface area contributed by atoms with Gasteiger partial charge in [0.05, 0.1) is 24.1 Å². The van der Waals surface area contributed by atoms with E-state index in [2.05, 4.69) is 10.3 Å². The van der Waals surface area contributed by atoms with Crippen LogP contribution in [0.2, 0.25) is 0 Å². The topological polar surface area (TPSA) is 76.5 Å². The quantitative estimate of drug-likeness (QED) is 0.472. The van der Waals surface area contributed by atoms with E-state index in [1.54, 1.807) is 4.57 Å². The Hall–Kier alpha value is -2.53. The number of thioether (sulfide) groups is 1. The number of hydrogen-bond acceptors (Lipinski definition) is 6. The smallest absolute Gasteiger partial charge is 0.416 e. The molecule has 11 heteroatoms. The molecular weight excluding hydrogens is 445 g/mol. The molecular formula is C21H25F3N4O3S. The highest BCUT2D eigenvalue weighted by atomic mass is 32.2. The Kier molecular flexibility index (Phi) is 7.50. The summed E-state index contributed by atoms with van der Waals surface area (Å²) in [6.45, 7) is 1.25. The molecule has 0 saturated carbocycles. The fourth-order valence-electron chi connectivity index (χ4n) is 3.54. The van der Waals surface area contributed by atoms with Gasteiger partial charge >= 0.3 is 11.9 Å². The highest BCUT2D eigenvalue weighted by Crippen LogP contribution is 2.35. The van der Waals surface area contributed by atoms with E-state index in [1.165, 1.54) is 7.11 Å². The number of rotatable bonds is 8. The van der Waals surface area contributed by atoms with Crippen molar-refractivity contribution in [2.24, 2.45) is 0 Å². The Labute approximate surface area is 188 Å². The number of benzene rings is 1. The van der Waals surface area contributed by atoms with Crippen molar-refractivity contribution in [3.63, 3.8) is 0 Å². The monoisotopic (exact) mass is 470 g/mol.